The molecule has 0 saturated carbocycles. The summed E-state index contributed by atoms with van der Waals surface area (Å²) in [5.41, 5.74) is 2.44. The van der Waals surface area contributed by atoms with E-state index >= 15 is 0 Å². The Morgan fingerprint density at radius 3 is 2.95 bits per heavy atom. The summed E-state index contributed by atoms with van der Waals surface area (Å²) in [7, 11) is 1.55. The van der Waals surface area contributed by atoms with Crippen molar-refractivity contribution in [2.75, 3.05) is 20.3 Å². The van der Waals surface area contributed by atoms with Crippen LogP contribution >= 0.6 is 0 Å². The summed E-state index contributed by atoms with van der Waals surface area (Å²) in [4.78, 5) is 12.1. The maximum atomic E-state index is 12.1. The Bertz CT molecular complexity index is 436. The van der Waals surface area contributed by atoms with Gasteiger partial charge < -0.3 is 20.5 Å². The SMILES string of the molecule is COCC(CO)NC(=O)[C@@H]1Cc2ccccc2CN1. The van der Waals surface area contributed by atoms with Gasteiger partial charge in [-0.25, -0.2) is 0 Å². The maximum absolute atomic E-state index is 12.1. The Morgan fingerprint density at radius 1 is 1.53 bits per heavy atom. The van der Waals surface area contributed by atoms with Crippen LogP contribution in [0, 0.1) is 0 Å². The van der Waals surface area contributed by atoms with Gasteiger partial charge in [-0.15, -0.1) is 0 Å². The van der Waals surface area contributed by atoms with Gasteiger partial charge in [0.15, 0.2) is 0 Å². The zero-order chi connectivity index (χ0) is 13.7. The smallest absolute Gasteiger partial charge is 0.237 e. The largest absolute Gasteiger partial charge is 0.394 e. The fourth-order valence-electron chi connectivity index (χ4n) is 2.28. The summed E-state index contributed by atoms with van der Waals surface area (Å²) in [5.74, 6) is -0.0920. The van der Waals surface area contributed by atoms with Crippen LogP contribution in [0.25, 0.3) is 0 Å². The van der Waals surface area contributed by atoms with Gasteiger partial charge in [-0.3, -0.25) is 4.79 Å². The van der Waals surface area contributed by atoms with Gasteiger partial charge in [0.25, 0.3) is 0 Å². The number of nitrogens with one attached hydrogen (secondary N) is 2. The molecule has 1 aromatic rings. The molecule has 2 rings (SSSR count). The van der Waals surface area contributed by atoms with Crippen molar-refractivity contribution in [3.8, 4) is 0 Å². The molecule has 1 aliphatic rings. The third-order valence-electron chi connectivity index (χ3n) is 3.33. The third kappa shape index (κ3) is 3.53. The van der Waals surface area contributed by atoms with Crippen molar-refractivity contribution in [3.05, 3.63) is 35.4 Å². The average Bonchev–Trinajstić information content (AvgIpc) is 2.46. The number of benzene rings is 1. The Balaban J connectivity index is 1.95. The number of carbonyl (C=O) groups excluding carboxylic acids is 1. The molecule has 104 valence electrons. The second kappa shape index (κ2) is 6.65. The molecule has 1 aromatic carbocycles. The molecule has 3 N–H and O–H groups in total. The van der Waals surface area contributed by atoms with Gasteiger partial charge in [-0.2, -0.15) is 0 Å². The van der Waals surface area contributed by atoms with E-state index in [2.05, 4.69) is 22.8 Å². The lowest BCUT2D eigenvalue weighted by atomic mass is 9.95. The Labute approximate surface area is 113 Å². The van der Waals surface area contributed by atoms with Gasteiger partial charge in [-0.05, 0) is 17.5 Å². The van der Waals surface area contributed by atoms with Crippen LogP contribution in [-0.2, 0) is 22.5 Å². The lowest BCUT2D eigenvalue weighted by Gasteiger charge is -2.27. The zero-order valence-electron chi connectivity index (χ0n) is 11.1. The standard InChI is InChI=1S/C14H20N2O3/c1-19-9-12(8-17)16-14(18)13-6-10-4-2-3-5-11(10)7-15-13/h2-5,12-13,15,17H,6-9H2,1H3,(H,16,18)/t12?,13-/m0/s1. The molecule has 1 amide bonds. The Morgan fingerprint density at radius 2 is 2.26 bits per heavy atom. The molecule has 0 aliphatic carbocycles. The van der Waals surface area contributed by atoms with E-state index in [1.807, 2.05) is 12.1 Å². The van der Waals surface area contributed by atoms with Crippen molar-refractivity contribution >= 4 is 5.91 Å². The van der Waals surface area contributed by atoms with Crippen LogP contribution in [0.15, 0.2) is 24.3 Å². The first-order chi connectivity index (χ1) is 9.24. The Kier molecular flexibility index (Phi) is 4.90. The van der Waals surface area contributed by atoms with Crippen molar-refractivity contribution in [2.45, 2.75) is 25.0 Å². The molecular formula is C14H20N2O3. The molecule has 0 radical (unpaired) electrons. The van der Waals surface area contributed by atoms with Crippen LogP contribution in [0.5, 0.6) is 0 Å². The highest BCUT2D eigenvalue weighted by Gasteiger charge is 2.25. The summed E-state index contributed by atoms with van der Waals surface area (Å²) in [6.07, 6.45) is 0.674. The summed E-state index contributed by atoms with van der Waals surface area (Å²) in [5, 5.41) is 15.2. The highest BCUT2D eigenvalue weighted by Crippen LogP contribution is 2.16. The van der Waals surface area contributed by atoms with Crippen LogP contribution < -0.4 is 10.6 Å². The molecule has 0 spiro atoms. The van der Waals surface area contributed by atoms with Crippen LogP contribution in [0.1, 0.15) is 11.1 Å². The van der Waals surface area contributed by atoms with Crippen molar-refractivity contribution in [3.63, 3.8) is 0 Å². The van der Waals surface area contributed by atoms with Crippen molar-refractivity contribution in [2.24, 2.45) is 0 Å². The molecule has 0 fully saturated rings. The molecule has 19 heavy (non-hydrogen) atoms. The quantitative estimate of drug-likeness (QED) is 0.690. The van der Waals surface area contributed by atoms with E-state index in [0.29, 0.717) is 19.6 Å². The number of rotatable bonds is 5. The topological polar surface area (TPSA) is 70.6 Å². The van der Waals surface area contributed by atoms with E-state index < -0.39 is 0 Å². The van der Waals surface area contributed by atoms with E-state index in [9.17, 15) is 4.79 Å². The molecule has 5 nitrogen and oxygen atoms in total. The number of methoxy groups -OCH3 is 1. The van der Waals surface area contributed by atoms with E-state index in [1.165, 1.54) is 11.1 Å². The molecule has 5 heteroatoms. The predicted molar refractivity (Wildman–Crippen MR) is 71.7 cm³/mol. The summed E-state index contributed by atoms with van der Waals surface area (Å²) in [6.45, 7) is 0.886. The Hall–Kier alpha value is -1.43. The number of carbonyl (C=O) groups is 1. The first kappa shape index (κ1) is 14.0. The maximum Gasteiger partial charge on any atom is 0.237 e. The minimum atomic E-state index is -0.350. The van der Waals surface area contributed by atoms with Crippen LogP contribution in [0.4, 0.5) is 0 Å². The molecule has 1 aliphatic heterocycles. The molecule has 2 atom stereocenters. The molecule has 0 saturated heterocycles. The van der Waals surface area contributed by atoms with Gasteiger partial charge in [-0.1, -0.05) is 24.3 Å². The molecule has 1 unspecified atom stereocenters. The van der Waals surface area contributed by atoms with Gasteiger partial charge in [0.05, 0.1) is 25.3 Å². The van der Waals surface area contributed by atoms with Gasteiger partial charge in [0.2, 0.25) is 5.91 Å². The predicted octanol–water partition coefficient (Wildman–Crippen LogP) is -0.176. The number of aliphatic hydroxyl groups excluding tert-OH is 1. The fourth-order valence-corrected chi connectivity index (χ4v) is 2.28. The molecule has 0 aromatic heterocycles. The van der Waals surface area contributed by atoms with Crippen molar-refractivity contribution in [1.82, 2.24) is 10.6 Å². The monoisotopic (exact) mass is 264 g/mol. The average molecular weight is 264 g/mol. The highest BCUT2D eigenvalue weighted by atomic mass is 16.5. The number of aliphatic hydroxyl groups is 1. The van der Waals surface area contributed by atoms with Crippen LogP contribution in [-0.4, -0.2) is 43.4 Å². The number of amides is 1. The number of fused-ring (bicyclic) bond motifs is 1. The number of ether oxygens (including phenoxy) is 1. The first-order valence-electron chi connectivity index (χ1n) is 6.45. The zero-order valence-corrected chi connectivity index (χ0v) is 11.1. The summed E-state index contributed by atoms with van der Waals surface area (Å²) >= 11 is 0. The summed E-state index contributed by atoms with van der Waals surface area (Å²) < 4.78 is 4.94. The van der Waals surface area contributed by atoms with Gasteiger partial charge in [0, 0.05) is 13.7 Å². The van der Waals surface area contributed by atoms with E-state index in [1.54, 1.807) is 7.11 Å². The number of hydrogen-bond acceptors (Lipinski definition) is 4. The first-order valence-corrected chi connectivity index (χ1v) is 6.45. The van der Waals surface area contributed by atoms with Gasteiger partial charge in [0.1, 0.15) is 0 Å². The second-order valence-electron chi connectivity index (χ2n) is 4.75. The minimum absolute atomic E-state index is 0.0920. The fraction of sp³-hybridized carbons (Fsp3) is 0.500. The number of hydrogen-bond donors (Lipinski definition) is 3. The molecule has 1 heterocycles. The van der Waals surface area contributed by atoms with E-state index in [-0.39, 0.29) is 24.6 Å². The van der Waals surface area contributed by atoms with E-state index in [4.69, 9.17) is 9.84 Å². The van der Waals surface area contributed by atoms with Crippen LogP contribution in [0.3, 0.4) is 0 Å². The van der Waals surface area contributed by atoms with Crippen LogP contribution in [0.2, 0.25) is 0 Å². The summed E-state index contributed by atoms with van der Waals surface area (Å²) in [6, 6.07) is 7.51. The second-order valence-corrected chi connectivity index (χ2v) is 4.75. The molecular weight excluding hydrogens is 244 g/mol. The van der Waals surface area contributed by atoms with Crippen molar-refractivity contribution < 1.29 is 14.6 Å². The lowest BCUT2D eigenvalue weighted by Crippen LogP contribution is -2.52. The third-order valence-corrected chi connectivity index (χ3v) is 3.33. The highest BCUT2D eigenvalue weighted by molar-refractivity contribution is 5.82. The lowest BCUT2D eigenvalue weighted by molar-refractivity contribution is -0.124. The normalized spacial score (nSPS) is 19.6. The van der Waals surface area contributed by atoms with Gasteiger partial charge >= 0.3 is 0 Å². The molecule has 0 bridgehead atoms. The van der Waals surface area contributed by atoms with Crippen molar-refractivity contribution in [1.29, 1.82) is 0 Å². The minimum Gasteiger partial charge on any atom is -0.394 e. The van der Waals surface area contributed by atoms with E-state index in [0.717, 1.165) is 0 Å².